The summed E-state index contributed by atoms with van der Waals surface area (Å²) in [6, 6.07) is 10.2. The molecule has 3 N–H and O–H groups in total. The van der Waals surface area contributed by atoms with Gasteiger partial charge < -0.3 is 20.0 Å². The Bertz CT molecular complexity index is 703. The van der Waals surface area contributed by atoms with E-state index in [-0.39, 0.29) is 17.6 Å². The lowest BCUT2D eigenvalue weighted by atomic mass is 10.2. The smallest absolute Gasteiger partial charge is 0.291 e. The number of hydrogen-bond acceptors (Lipinski definition) is 3. The van der Waals surface area contributed by atoms with Crippen LogP contribution in [0.3, 0.4) is 0 Å². The van der Waals surface area contributed by atoms with Gasteiger partial charge in [0, 0.05) is 11.3 Å². The van der Waals surface area contributed by atoms with Crippen LogP contribution < -0.4 is 15.5 Å². The Morgan fingerprint density at radius 1 is 1.00 bits per heavy atom. The summed E-state index contributed by atoms with van der Waals surface area (Å²) in [4.78, 5) is 25.6. The molecular weight excluding hydrogens is 318 g/mol. The molecule has 2 aromatic rings. The molecule has 6 nitrogen and oxygen atoms in total. The Kier molecular flexibility index (Phi) is 6.77. The van der Waals surface area contributed by atoms with Gasteiger partial charge in [-0.05, 0) is 57.2 Å². The van der Waals surface area contributed by atoms with E-state index < -0.39 is 0 Å². The van der Waals surface area contributed by atoms with Gasteiger partial charge in [0.25, 0.3) is 11.8 Å². The zero-order valence-corrected chi connectivity index (χ0v) is 15.0. The number of carbonyl (C=O) groups is 2. The molecule has 1 heterocycles. The Labute approximate surface area is 148 Å². The van der Waals surface area contributed by atoms with Crippen LogP contribution in [0.5, 0.6) is 0 Å². The average Bonchev–Trinajstić information content (AvgIpc) is 3.06. The van der Waals surface area contributed by atoms with Gasteiger partial charge in [-0.3, -0.25) is 9.59 Å². The SMILES string of the molecule is CC[NH+](CC)CCNC(=O)c1ccc(NC(=O)c2ccc(C)o2)cc1. The topological polar surface area (TPSA) is 75.8 Å². The Balaban J connectivity index is 1.86. The number of likely N-dealkylation sites (N-methyl/N-ethyl adjacent to an activating group) is 1. The van der Waals surface area contributed by atoms with E-state index in [0.717, 1.165) is 19.6 Å². The van der Waals surface area contributed by atoms with Gasteiger partial charge in [-0.2, -0.15) is 0 Å². The third-order valence-electron chi connectivity index (χ3n) is 4.13. The number of aryl methyl sites for hydroxylation is 1. The summed E-state index contributed by atoms with van der Waals surface area (Å²) in [6.45, 7) is 9.72. The van der Waals surface area contributed by atoms with Gasteiger partial charge in [0.2, 0.25) is 0 Å². The first kappa shape index (κ1) is 18.7. The fourth-order valence-electron chi connectivity index (χ4n) is 2.51. The summed E-state index contributed by atoms with van der Waals surface area (Å²) in [5.41, 5.74) is 1.18. The van der Waals surface area contributed by atoms with Crippen LogP contribution in [0.2, 0.25) is 0 Å². The molecule has 6 heteroatoms. The summed E-state index contributed by atoms with van der Waals surface area (Å²) >= 11 is 0. The monoisotopic (exact) mass is 344 g/mol. The molecule has 1 aromatic carbocycles. The first-order valence-electron chi connectivity index (χ1n) is 8.63. The van der Waals surface area contributed by atoms with E-state index in [1.165, 1.54) is 4.90 Å². The fourth-order valence-corrected chi connectivity index (χ4v) is 2.51. The normalized spacial score (nSPS) is 10.7. The van der Waals surface area contributed by atoms with Crippen molar-refractivity contribution in [1.82, 2.24) is 5.32 Å². The van der Waals surface area contributed by atoms with Crippen LogP contribution in [0.4, 0.5) is 5.69 Å². The minimum Gasteiger partial charge on any atom is -0.456 e. The van der Waals surface area contributed by atoms with Crippen molar-refractivity contribution in [2.75, 3.05) is 31.5 Å². The van der Waals surface area contributed by atoms with E-state index in [1.54, 1.807) is 43.3 Å². The van der Waals surface area contributed by atoms with Crippen molar-refractivity contribution in [1.29, 1.82) is 0 Å². The Morgan fingerprint density at radius 3 is 2.24 bits per heavy atom. The fraction of sp³-hybridized carbons (Fsp3) is 0.368. The highest BCUT2D eigenvalue weighted by Crippen LogP contribution is 2.13. The lowest BCUT2D eigenvalue weighted by molar-refractivity contribution is -0.895. The predicted octanol–water partition coefficient (Wildman–Crippen LogP) is 1.49. The van der Waals surface area contributed by atoms with E-state index in [4.69, 9.17) is 4.42 Å². The van der Waals surface area contributed by atoms with Crippen LogP contribution in [-0.4, -0.2) is 38.0 Å². The van der Waals surface area contributed by atoms with Crippen LogP contribution >= 0.6 is 0 Å². The highest BCUT2D eigenvalue weighted by Gasteiger charge is 2.11. The molecule has 0 aliphatic carbocycles. The molecule has 0 aliphatic rings. The maximum atomic E-state index is 12.1. The second-order valence-electron chi connectivity index (χ2n) is 5.90. The number of benzene rings is 1. The largest absolute Gasteiger partial charge is 0.456 e. The lowest BCUT2D eigenvalue weighted by Crippen LogP contribution is -3.12. The second-order valence-corrected chi connectivity index (χ2v) is 5.90. The van der Waals surface area contributed by atoms with E-state index in [0.29, 0.717) is 23.6 Å². The van der Waals surface area contributed by atoms with E-state index in [1.807, 2.05) is 0 Å². The number of hydrogen-bond donors (Lipinski definition) is 3. The van der Waals surface area contributed by atoms with Gasteiger partial charge in [-0.15, -0.1) is 0 Å². The number of nitrogens with one attached hydrogen (secondary N) is 3. The quantitative estimate of drug-likeness (QED) is 0.679. The number of carbonyl (C=O) groups excluding carboxylic acids is 2. The standard InChI is InChI=1S/C19H25N3O3/c1-4-22(5-2)13-12-20-18(23)15-7-9-16(10-8-15)21-19(24)17-11-6-14(3)25-17/h6-11H,4-5,12-13H2,1-3H3,(H,20,23)(H,21,24)/p+1. The molecule has 0 unspecified atom stereocenters. The molecule has 0 saturated carbocycles. The maximum Gasteiger partial charge on any atom is 0.291 e. The summed E-state index contributed by atoms with van der Waals surface area (Å²) in [5, 5.41) is 5.67. The number of furan rings is 1. The third-order valence-corrected chi connectivity index (χ3v) is 4.13. The highest BCUT2D eigenvalue weighted by atomic mass is 16.3. The van der Waals surface area contributed by atoms with E-state index in [2.05, 4.69) is 24.5 Å². The van der Waals surface area contributed by atoms with E-state index in [9.17, 15) is 9.59 Å². The number of amides is 2. The van der Waals surface area contributed by atoms with Gasteiger partial charge in [-0.25, -0.2) is 0 Å². The second kappa shape index (κ2) is 9.03. The molecular formula is C19H26N3O3+. The van der Waals surface area contributed by atoms with Crippen molar-refractivity contribution >= 4 is 17.5 Å². The van der Waals surface area contributed by atoms with E-state index >= 15 is 0 Å². The molecule has 0 fully saturated rings. The van der Waals surface area contributed by atoms with Crippen LogP contribution in [0.1, 0.15) is 40.5 Å². The zero-order chi connectivity index (χ0) is 18.2. The zero-order valence-electron chi connectivity index (χ0n) is 15.0. The van der Waals surface area contributed by atoms with Gasteiger partial charge >= 0.3 is 0 Å². The van der Waals surface area contributed by atoms with Crippen molar-refractivity contribution in [3.05, 3.63) is 53.5 Å². The maximum absolute atomic E-state index is 12.1. The first-order valence-corrected chi connectivity index (χ1v) is 8.63. The van der Waals surface area contributed by atoms with Crippen LogP contribution in [0.25, 0.3) is 0 Å². The molecule has 2 rings (SSSR count). The molecule has 0 spiro atoms. The number of anilines is 1. The summed E-state index contributed by atoms with van der Waals surface area (Å²) in [5.74, 6) is 0.528. The van der Waals surface area contributed by atoms with Crippen molar-refractivity contribution in [3.63, 3.8) is 0 Å². The number of quaternary nitrogens is 1. The number of rotatable bonds is 8. The molecule has 2 amide bonds. The van der Waals surface area contributed by atoms with Crippen molar-refractivity contribution < 1.29 is 18.9 Å². The highest BCUT2D eigenvalue weighted by molar-refractivity contribution is 6.02. The summed E-state index contributed by atoms with van der Waals surface area (Å²) < 4.78 is 5.28. The molecule has 134 valence electrons. The first-order chi connectivity index (χ1) is 12.0. The third kappa shape index (κ3) is 5.46. The van der Waals surface area contributed by atoms with Gasteiger partial charge in [0.05, 0.1) is 26.2 Å². The van der Waals surface area contributed by atoms with Crippen LogP contribution in [0, 0.1) is 6.92 Å². The van der Waals surface area contributed by atoms with Gasteiger partial charge in [-0.1, -0.05) is 0 Å². The Morgan fingerprint density at radius 2 is 1.68 bits per heavy atom. The summed E-state index contributed by atoms with van der Waals surface area (Å²) in [7, 11) is 0. The minimum absolute atomic E-state index is 0.105. The predicted molar refractivity (Wildman–Crippen MR) is 97.1 cm³/mol. The minimum atomic E-state index is -0.313. The lowest BCUT2D eigenvalue weighted by Gasteiger charge is -2.15. The van der Waals surface area contributed by atoms with Crippen molar-refractivity contribution in [2.45, 2.75) is 20.8 Å². The van der Waals surface area contributed by atoms with Crippen molar-refractivity contribution in [2.24, 2.45) is 0 Å². The summed E-state index contributed by atoms with van der Waals surface area (Å²) in [6.07, 6.45) is 0. The molecule has 0 radical (unpaired) electrons. The molecule has 1 aromatic heterocycles. The molecule has 0 saturated heterocycles. The molecule has 0 aliphatic heterocycles. The average molecular weight is 344 g/mol. The van der Waals surface area contributed by atoms with Gasteiger partial charge in [0.15, 0.2) is 5.76 Å². The Hall–Kier alpha value is -2.60. The van der Waals surface area contributed by atoms with Crippen LogP contribution in [-0.2, 0) is 0 Å². The van der Waals surface area contributed by atoms with Gasteiger partial charge in [0.1, 0.15) is 5.76 Å². The van der Waals surface area contributed by atoms with Crippen LogP contribution in [0.15, 0.2) is 40.8 Å². The molecule has 25 heavy (non-hydrogen) atoms. The molecule has 0 atom stereocenters. The van der Waals surface area contributed by atoms with Crippen molar-refractivity contribution in [3.8, 4) is 0 Å². The molecule has 0 bridgehead atoms.